The SMILES string of the molecule is CCCCNc1ccc(C(=O)OCC[NH+](C)C)cc1[N+](=O)[O-]. The zero-order valence-corrected chi connectivity index (χ0v) is 13.3. The number of nitrogens with zero attached hydrogens (tertiary/aromatic N) is 1. The lowest BCUT2D eigenvalue weighted by Crippen LogP contribution is -3.06. The van der Waals surface area contributed by atoms with E-state index < -0.39 is 10.9 Å². The summed E-state index contributed by atoms with van der Waals surface area (Å²) in [6.07, 6.45) is 1.92. The molecular weight excluding hydrogens is 286 g/mol. The standard InChI is InChI=1S/C15H23N3O4/c1-4-5-8-16-13-7-6-12(11-14(13)18(20)21)15(19)22-10-9-17(2)3/h6-7,11,16H,4-5,8-10H2,1-3H3/p+1. The Hall–Kier alpha value is -2.15. The molecule has 122 valence electrons. The Labute approximate surface area is 130 Å². The van der Waals surface area contributed by atoms with Gasteiger partial charge in [0.15, 0.2) is 0 Å². The second kappa shape index (κ2) is 8.99. The molecule has 0 saturated heterocycles. The Bertz CT molecular complexity index is 518. The minimum absolute atomic E-state index is 0.108. The highest BCUT2D eigenvalue weighted by molar-refractivity contribution is 5.91. The minimum Gasteiger partial charge on any atom is -0.456 e. The van der Waals surface area contributed by atoms with Crippen molar-refractivity contribution in [2.75, 3.05) is 39.1 Å². The number of ether oxygens (including phenoxy) is 1. The maximum atomic E-state index is 11.9. The number of carbonyl (C=O) groups is 1. The van der Waals surface area contributed by atoms with Crippen molar-refractivity contribution in [3.05, 3.63) is 33.9 Å². The third-order valence-electron chi connectivity index (χ3n) is 3.11. The number of likely N-dealkylation sites (N-methyl/N-ethyl adjacent to an activating group) is 1. The minimum atomic E-state index is -0.538. The molecule has 1 aromatic rings. The number of hydrogen-bond acceptors (Lipinski definition) is 5. The third-order valence-corrected chi connectivity index (χ3v) is 3.11. The lowest BCUT2D eigenvalue weighted by atomic mass is 10.1. The predicted molar refractivity (Wildman–Crippen MR) is 84.5 cm³/mol. The molecule has 0 aliphatic carbocycles. The molecule has 0 bridgehead atoms. The zero-order chi connectivity index (χ0) is 16.5. The molecule has 1 rings (SSSR count). The Morgan fingerprint density at radius 1 is 1.41 bits per heavy atom. The highest BCUT2D eigenvalue weighted by Gasteiger charge is 2.18. The van der Waals surface area contributed by atoms with E-state index in [1.807, 2.05) is 21.0 Å². The molecule has 0 aromatic heterocycles. The fourth-order valence-corrected chi connectivity index (χ4v) is 1.79. The molecule has 7 heteroatoms. The van der Waals surface area contributed by atoms with Gasteiger partial charge < -0.3 is 15.0 Å². The van der Waals surface area contributed by atoms with Crippen molar-refractivity contribution in [1.82, 2.24) is 0 Å². The average molecular weight is 310 g/mol. The highest BCUT2D eigenvalue weighted by atomic mass is 16.6. The maximum absolute atomic E-state index is 11.9. The van der Waals surface area contributed by atoms with Crippen LogP contribution in [0.15, 0.2) is 18.2 Å². The number of nitro benzene ring substituents is 1. The summed E-state index contributed by atoms with van der Waals surface area (Å²) in [6, 6.07) is 4.37. The molecule has 0 unspecified atom stereocenters. The summed E-state index contributed by atoms with van der Waals surface area (Å²) in [4.78, 5) is 23.7. The number of quaternary nitrogens is 1. The van der Waals surface area contributed by atoms with E-state index in [1.165, 1.54) is 6.07 Å². The quantitative estimate of drug-likeness (QED) is 0.309. The van der Waals surface area contributed by atoms with Crippen LogP contribution in [0.5, 0.6) is 0 Å². The molecule has 0 fully saturated rings. The van der Waals surface area contributed by atoms with Gasteiger partial charge in [0.25, 0.3) is 5.69 Å². The van der Waals surface area contributed by atoms with Crippen LogP contribution in [0.4, 0.5) is 11.4 Å². The lowest BCUT2D eigenvalue weighted by Gasteiger charge is -2.09. The van der Waals surface area contributed by atoms with Gasteiger partial charge in [0, 0.05) is 12.6 Å². The first-order chi connectivity index (χ1) is 10.5. The van der Waals surface area contributed by atoms with Gasteiger partial charge in [-0.2, -0.15) is 0 Å². The maximum Gasteiger partial charge on any atom is 0.338 e. The van der Waals surface area contributed by atoms with Crippen LogP contribution < -0.4 is 10.2 Å². The normalized spacial score (nSPS) is 10.5. The summed E-state index contributed by atoms with van der Waals surface area (Å²) >= 11 is 0. The van der Waals surface area contributed by atoms with E-state index in [2.05, 4.69) is 5.32 Å². The van der Waals surface area contributed by atoms with E-state index in [1.54, 1.807) is 12.1 Å². The summed E-state index contributed by atoms with van der Waals surface area (Å²) < 4.78 is 5.11. The number of benzene rings is 1. The number of carbonyl (C=O) groups excluding carboxylic acids is 1. The van der Waals surface area contributed by atoms with Crippen LogP contribution in [0.3, 0.4) is 0 Å². The van der Waals surface area contributed by atoms with Crippen LogP contribution in [-0.2, 0) is 4.74 Å². The van der Waals surface area contributed by atoms with E-state index in [9.17, 15) is 14.9 Å². The predicted octanol–water partition coefficient (Wildman–Crippen LogP) is 1.11. The van der Waals surface area contributed by atoms with Gasteiger partial charge in [-0.1, -0.05) is 13.3 Å². The van der Waals surface area contributed by atoms with Crippen LogP contribution >= 0.6 is 0 Å². The van der Waals surface area contributed by atoms with E-state index in [-0.39, 0.29) is 17.9 Å². The van der Waals surface area contributed by atoms with Gasteiger partial charge in [-0.05, 0) is 18.6 Å². The number of anilines is 1. The van der Waals surface area contributed by atoms with E-state index in [0.717, 1.165) is 17.7 Å². The molecule has 0 spiro atoms. The van der Waals surface area contributed by atoms with Crippen LogP contribution in [0.1, 0.15) is 30.1 Å². The number of unbranched alkanes of at least 4 members (excludes halogenated alkanes) is 1. The van der Waals surface area contributed by atoms with Crippen molar-refractivity contribution in [3.8, 4) is 0 Å². The summed E-state index contributed by atoms with van der Waals surface area (Å²) in [5.74, 6) is -0.538. The van der Waals surface area contributed by atoms with E-state index in [4.69, 9.17) is 4.74 Å². The fourth-order valence-electron chi connectivity index (χ4n) is 1.79. The Morgan fingerprint density at radius 2 is 2.14 bits per heavy atom. The fraction of sp³-hybridized carbons (Fsp3) is 0.533. The molecule has 7 nitrogen and oxygen atoms in total. The summed E-state index contributed by atoms with van der Waals surface area (Å²) in [6.45, 7) is 3.67. The molecule has 0 aliphatic rings. The van der Waals surface area contributed by atoms with Gasteiger partial charge in [0.1, 0.15) is 18.8 Å². The average Bonchev–Trinajstić information content (AvgIpc) is 2.47. The number of rotatable bonds is 9. The molecule has 0 amide bonds. The van der Waals surface area contributed by atoms with Crippen molar-refractivity contribution in [3.63, 3.8) is 0 Å². The lowest BCUT2D eigenvalue weighted by molar-refractivity contribution is -0.858. The van der Waals surface area contributed by atoms with Crippen molar-refractivity contribution >= 4 is 17.3 Å². The first-order valence-electron chi connectivity index (χ1n) is 7.44. The van der Waals surface area contributed by atoms with Gasteiger partial charge in [-0.15, -0.1) is 0 Å². The summed E-state index contributed by atoms with van der Waals surface area (Å²) in [5.41, 5.74) is 0.512. The largest absolute Gasteiger partial charge is 0.456 e. The molecular formula is C15H24N3O4+. The number of esters is 1. The molecule has 0 atom stereocenters. The molecule has 0 radical (unpaired) electrons. The van der Waals surface area contributed by atoms with Gasteiger partial charge >= 0.3 is 5.97 Å². The van der Waals surface area contributed by atoms with Crippen LogP contribution in [0.2, 0.25) is 0 Å². The van der Waals surface area contributed by atoms with Crippen molar-refractivity contribution in [1.29, 1.82) is 0 Å². The molecule has 2 N–H and O–H groups in total. The van der Waals surface area contributed by atoms with Crippen molar-refractivity contribution in [2.24, 2.45) is 0 Å². The van der Waals surface area contributed by atoms with Crippen molar-refractivity contribution in [2.45, 2.75) is 19.8 Å². The van der Waals surface area contributed by atoms with E-state index >= 15 is 0 Å². The first-order valence-corrected chi connectivity index (χ1v) is 7.44. The van der Waals surface area contributed by atoms with Gasteiger partial charge in [0.05, 0.1) is 24.6 Å². The second-order valence-electron chi connectivity index (χ2n) is 5.36. The van der Waals surface area contributed by atoms with Crippen LogP contribution in [0.25, 0.3) is 0 Å². The first kappa shape index (κ1) is 17.9. The molecule has 22 heavy (non-hydrogen) atoms. The number of nitro groups is 1. The molecule has 0 saturated carbocycles. The Morgan fingerprint density at radius 3 is 2.73 bits per heavy atom. The van der Waals surface area contributed by atoms with E-state index in [0.29, 0.717) is 18.8 Å². The monoisotopic (exact) mass is 310 g/mol. The zero-order valence-electron chi connectivity index (χ0n) is 13.3. The summed E-state index contributed by atoms with van der Waals surface area (Å²) in [5, 5.41) is 14.2. The number of hydrogen-bond donors (Lipinski definition) is 2. The smallest absolute Gasteiger partial charge is 0.338 e. The van der Waals surface area contributed by atoms with Crippen LogP contribution in [-0.4, -0.2) is 44.7 Å². The molecule has 1 aromatic carbocycles. The summed E-state index contributed by atoms with van der Waals surface area (Å²) in [7, 11) is 3.91. The third kappa shape index (κ3) is 5.69. The van der Waals surface area contributed by atoms with Crippen LogP contribution in [0, 0.1) is 10.1 Å². The van der Waals surface area contributed by atoms with Crippen molar-refractivity contribution < 1.29 is 19.4 Å². The molecule has 0 aliphatic heterocycles. The Kier molecular flexibility index (Phi) is 7.31. The Balaban J connectivity index is 2.78. The van der Waals surface area contributed by atoms with Gasteiger partial charge in [-0.25, -0.2) is 4.79 Å². The highest BCUT2D eigenvalue weighted by Crippen LogP contribution is 2.26. The molecule has 0 heterocycles. The topological polar surface area (TPSA) is 85.9 Å². The van der Waals surface area contributed by atoms with Gasteiger partial charge in [0.2, 0.25) is 0 Å². The van der Waals surface area contributed by atoms with Gasteiger partial charge in [-0.3, -0.25) is 10.1 Å². The second-order valence-corrected chi connectivity index (χ2v) is 5.36. The number of nitrogens with one attached hydrogen (secondary N) is 2.